The van der Waals surface area contributed by atoms with Gasteiger partial charge in [-0.05, 0) is 59.0 Å². The van der Waals surface area contributed by atoms with Crippen LogP contribution in [0.2, 0.25) is 10.0 Å². The molecule has 0 bridgehead atoms. The van der Waals surface area contributed by atoms with E-state index in [9.17, 15) is 4.79 Å². The van der Waals surface area contributed by atoms with Gasteiger partial charge in [-0.1, -0.05) is 34.5 Å². The van der Waals surface area contributed by atoms with Gasteiger partial charge in [-0.2, -0.15) is 0 Å². The highest BCUT2D eigenvalue weighted by molar-refractivity contribution is 14.1. The Kier molecular flexibility index (Phi) is 4.35. The summed E-state index contributed by atoms with van der Waals surface area (Å²) in [7, 11) is 0. The van der Waals surface area contributed by atoms with Gasteiger partial charge in [-0.3, -0.25) is 10.1 Å². The quantitative estimate of drug-likeness (QED) is 0.529. The van der Waals surface area contributed by atoms with Crippen molar-refractivity contribution < 1.29 is 4.79 Å². The van der Waals surface area contributed by atoms with Crippen molar-refractivity contribution in [2.45, 2.75) is 0 Å². The number of thiazole rings is 1. The van der Waals surface area contributed by atoms with Crippen LogP contribution < -0.4 is 5.32 Å². The molecule has 106 valence electrons. The van der Waals surface area contributed by atoms with Gasteiger partial charge in [0.25, 0.3) is 5.91 Å². The maximum absolute atomic E-state index is 12.2. The van der Waals surface area contributed by atoms with E-state index in [0.717, 1.165) is 13.8 Å². The molecule has 0 aliphatic heterocycles. The Morgan fingerprint density at radius 3 is 2.76 bits per heavy atom. The van der Waals surface area contributed by atoms with Crippen molar-refractivity contribution in [3.05, 3.63) is 55.6 Å². The molecule has 0 saturated carbocycles. The number of nitrogens with zero attached hydrogens (tertiary/aromatic N) is 1. The molecule has 0 saturated heterocycles. The third kappa shape index (κ3) is 3.31. The number of benzene rings is 2. The molecule has 1 N–H and O–H groups in total. The summed E-state index contributed by atoms with van der Waals surface area (Å²) in [4.78, 5) is 16.5. The van der Waals surface area contributed by atoms with Crippen LogP contribution in [0, 0.1) is 3.57 Å². The first-order valence-corrected chi connectivity index (χ1v) is 8.50. The highest BCUT2D eigenvalue weighted by Crippen LogP contribution is 2.29. The number of aromatic nitrogens is 1. The van der Waals surface area contributed by atoms with Gasteiger partial charge in [0.1, 0.15) is 0 Å². The second kappa shape index (κ2) is 6.08. The minimum absolute atomic E-state index is 0.238. The Bertz CT molecular complexity index is 850. The SMILES string of the molecule is O=C(Nc1nc2ccc(Cl)cc2s1)c1ccc(I)c(Cl)c1. The molecule has 0 aliphatic carbocycles. The standard InChI is InChI=1S/C14H7Cl2IN2OS/c15-8-2-4-11-12(6-8)21-14(18-11)19-13(20)7-1-3-10(17)9(16)5-7/h1-6H,(H,18,19,20). The van der Waals surface area contributed by atoms with E-state index in [1.54, 1.807) is 24.3 Å². The van der Waals surface area contributed by atoms with Crippen LogP contribution in [0.1, 0.15) is 10.4 Å². The summed E-state index contributed by atoms with van der Waals surface area (Å²) in [6, 6.07) is 10.6. The number of nitrogens with one attached hydrogen (secondary N) is 1. The molecule has 0 atom stereocenters. The zero-order valence-corrected chi connectivity index (χ0v) is 14.8. The largest absolute Gasteiger partial charge is 0.298 e. The summed E-state index contributed by atoms with van der Waals surface area (Å²) >= 11 is 15.5. The molecule has 3 nitrogen and oxygen atoms in total. The van der Waals surface area contributed by atoms with Gasteiger partial charge in [0.15, 0.2) is 5.13 Å². The number of halogens is 3. The molecule has 7 heteroatoms. The van der Waals surface area contributed by atoms with Crippen molar-refractivity contribution in [2.24, 2.45) is 0 Å². The molecule has 1 amide bonds. The molecule has 2 aromatic carbocycles. The molecule has 0 aliphatic rings. The fourth-order valence-electron chi connectivity index (χ4n) is 1.76. The normalized spacial score (nSPS) is 10.8. The summed E-state index contributed by atoms with van der Waals surface area (Å²) in [5.41, 5.74) is 1.30. The van der Waals surface area contributed by atoms with Crippen molar-refractivity contribution in [1.82, 2.24) is 4.98 Å². The van der Waals surface area contributed by atoms with Crippen LogP contribution >= 0.6 is 57.1 Å². The predicted octanol–water partition coefficient (Wildman–Crippen LogP) is 5.46. The highest BCUT2D eigenvalue weighted by atomic mass is 127. The van der Waals surface area contributed by atoms with Crippen LogP contribution in [0.15, 0.2) is 36.4 Å². The summed E-state index contributed by atoms with van der Waals surface area (Å²) < 4.78 is 1.83. The Balaban J connectivity index is 1.87. The average Bonchev–Trinajstić information content (AvgIpc) is 2.83. The second-order valence-corrected chi connectivity index (χ2v) is 7.25. The maximum Gasteiger partial charge on any atom is 0.257 e. The minimum atomic E-state index is -0.238. The molecular formula is C14H7Cl2IN2OS. The molecule has 3 aromatic rings. The van der Waals surface area contributed by atoms with Crippen LogP contribution in [-0.4, -0.2) is 10.9 Å². The van der Waals surface area contributed by atoms with E-state index < -0.39 is 0 Å². The highest BCUT2D eigenvalue weighted by Gasteiger charge is 2.11. The summed E-state index contributed by atoms with van der Waals surface area (Å²) in [5, 5.41) is 4.51. The number of carbonyl (C=O) groups is 1. The Morgan fingerprint density at radius 1 is 1.19 bits per heavy atom. The van der Waals surface area contributed by atoms with Crippen LogP contribution in [0.4, 0.5) is 5.13 Å². The lowest BCUT2D eigenvalue weighted by molar-refractivity contribution is 0.102. The molecule has 0 radical (unpaired) electrons. The van der Waals surface area contributed by atoms with Crippen LogP contribution in [0.3, 0.4) is 0 Å². The molecule has 3 rings (SSSR count). The van der Waals surface area contributed by atoms with Crippen LogP contribution in [0.25, 0.3) is 10.2 Å². The number of carbonyl (C=O) groups excluding carboxylic acids is 1. The van der Waals surface area contributed by atoms with E-state index in [2.05, 4.69) is 32.9 Å². The number of amides is 1. The van der Waals surface area contributed by atoms with Gasteiger partial charge in [-0.15, -0.1) is 0 Å². The first kappa shape index (κ1) is 15.0. The predicted molar refractivity (Wildman–Crippen MR) is 96.8 cm³/mol. The number of anilines is 1. The van der Waals surface area contributed by atoms with Gasteiger partial charge in [0.05, 0.1) is 15.2 Å². The molecule has 0 fully saturated rings. The zero-order valence-electron chi connectivity index (χ0n) is 10.4. The number of fused-ring (bicyclic) bond motifs is 1. The number of rotatable bonds is 2. The third-order valence-electron chi connectivity index (χ3n) is 2.75. The van der Waals surface area contributed by atoms with Gasteiger partial charge >= 0.3 is 0 Å². The van der Waals surface area contributed by atoms with Gasteiger partial charge in [-0.25, -0.2) is 4.98 Å². The van der Waals surface area contributed by atoms with Crippen molar-refractivity contribution in [3.8, 4) is 0 Å². The average molecular weight is 449 g/mol. The van der Waals surface area contributed by atoms with E-state index in [1.807, 2.05) is 12.1 Å². The van der Waals surface area contributed by atoms with Crippen molar-refractivity contribution >= 4 is 78.4 Å². The molecule has 0 spiro atoms. The van der Waals surface area contributed by atoms with Gasteiger partial charge in [0.2, 0.25) is 0 Å². The molecular weight excluding hydrogens is 442 g/mol. The third-order valence-corrected chi connectivity index (χ3v) is 5.49. The lowest BCUT2D eigenvalue weighted by atomic mass is 10.2. The van der Waals surface area contributed by atoms with Gasteiger partial charge < -0.3 is 0 Å². The fourth-order valence-corrected chi connectivity index (χ4v) is 3.41. The van der Waals surface area contributed by atoms with E-state index >= 15 is 0 Å². The molecule has 1 aromatic heterocycles. The van der Waals surface area contributed by atoms with E-state index in [-0.39, 0.29) is 5.91 Å². The lowest BCUT2D eigenvalue weighted by Crippen LogP contribution is -2.11. The van der Waals surface area contributed by atoms with Gasteiger partial charge in [0, 0.05) is 14.2 Å². The lowest BCUT2D eigenvalue weighted by Gasteiger charge is -2.03. The monoisotopic (exact) mass is 448 g/mol. The minimum Gasteiger partial charge on any atom is -0.298 e. The Morgan fingerprint density at radius 2 is 2.00 bits per heavy atom. The first-order valence-electron chi connectivity index (χ1n) is 5.85. The summed E-state index contributed by atoms with van der Waals surface area (Å²) in [6.45, 7) is 0. The Hall–Kier alpha value is -0.890. The second-order valence-electron chi connectivity index (χ2n) is 4.21. The summed E-state index contributed by atoms with van der Waals surface area (Å²) in [5.74, 6) is -0.238. The van der Waals surface area contributed by atoms with Crippen molar-refractivity contribution in [1.29, 1.82) is 0 Å². The van der Waals surface area contributed by atoms with E-state index in [4.69, 9.17) is 23.2 Å². The van der Waals surface area contributed by atoms with Crippen LogP contribution in [0.5, 0.6) is 0 Å². The molecule has 0 unspecified atom stereocenters. The first-order chi connectivity index (χ1) is 10.0. The van der Waals surface area contributed by atoms with E-state index in [0.29, 0.717) is 20.7 Å². The smallest absolute Gasteiger partial charge is 0.257 e. The van der Waals surface area contributed by atoms with Crippen molar-refractivity contribution in [3.63, 3.8) is 0 Å². The number of hydrogen-bond acceptors (Lipinski definition) is 3. The maximum atomic E-state index is 12.2. The van der Waals surface area contributed by atoms with Crippen molar-refractivity contribution in [2.75, 3.05) is 5.32 Å². The Labute approximate surface area is 148 Å². The summed E-state index contributed by atoms with van der Waals surface area (Å²) in [6.07, 6.45) is 0. The topological polar surface area (TPSA) is 42.0 Å². The molecule has 1 heterocycles. The van der Waals surface area contributed by atoms with E-state index in [1.165, 1.54) is 11.3 Å². The fraction of sp³-hybridized carbons (Fsp3) is 0. The zero-order chi connectivity index (χ0) is 15.0. The number of hydrogen-bond donors (Lipinski definition) is 1. The molecule has 21 heavy (non-hydrogen) atoms. The van der Waals surface area contributed by atoms with Crippen LogP contribution in [-0.2, 0) is 0 Å².